The summed E-state index contributed by atoms with van der Waals surface area (Å²) >= 11 is 6.95. The number of phenolic OH excluding ortho intramolecular Hbond substituents is 1. The topological polar surface area (TPSA) is 88.2 Å². The highest BCUT2D eigenvalue weighted by Gasteiger charge is 2.12. The SMILES string of the molecule is O=C(CSc1nnc(-c2ccc(Cl)cc2)o1)Nc1ccccc1O. The highest BCUT2D eigenvalue weighted by molar-refractivity contribution is 7.99. The Morgan fingerprint density at radius 1 is 1.17 bits per heavy atom. The van der Waals surface area contributed by atoms with Gasteiger partial charge in [0.05, 0.1) is 11.4 Å². The van der Waals surface area contributed by atoms with E-state index in [1.54, 1.807) is 42.5 Å². The molecule has 0 saturated carbocycles. The molecule has 0 aliphatic heterocycles. The van der Waals surface area contributed by atoms with Crippen molar-refractivity contribution in [1.82, 2.24) is 10.2 Å². The number of benzene rings is 2. The van der Waals surface area contributed by atoms with Crippen molar-refractivity contribution in [3.8, 4) is 17.2 Å². The number of amides is 1. The van der Waals surface area contributed by atoms with Crippen LogP contribution in [-0.2, 0) is 4.79 Å². The lowest BCUT2D eigenvalue weighted by Gasteiger charge is -2.05. The molecule has 122 valence electrons. The van der Waals surface area contributed by atoms with Crippen LogP contribution >= 0.6 is 23.4 Å². The molecule has 2 N–H and O–H groups in total. The molecule has 0 aliphatic rings. The van der Waals surface area contributed by atoms with Crippen LogP contribution in [0.5, 0.6) is 5.75 Å². The average Bonchev–Trinajstić information content (AvgIpc) is 3.05. The molecule has 3 rings (SSSR count). The Kier molecular flexibility index (Phi) is 5.02. The second-order valence-electron chi connectivity index (χ2n) is 4.73. The van der Waals surface area contributed by atoms with E-state index in [0.29, 0.717) is 16.6 Å². The summed E-state index contributed by atoms with van der Waals surface area (Å²) in [5.41, 5.74) is 1.10. The number of nitrogens with one attached hydrogen (secondary N) is 1. The third kappa shape index (κ3) is 4.06. The number of phenols is 1. The van der Waals surface area contributed by atoms with Crippen molar-refractivity contribution in [2.24, 2.45) is 0 Å². The molecule has 0 saturated heterocycles. The highest BCUT2D eigenvalue weighted by atomic mass is 35.5. The molecule has 0 atom stereocenters. The first-order valence-corrected chi connectivity index (χ1v) is 8.28. The number of aromatic nitrogens is 2. The quantitative estimate of drug-likeness (QED) is 0.530. The Balaban J connectivity index is 1.58. The maximum Gasteiger partial charge on any atom is 0.277 e. The molecule has 2 aromatic carbocycles. The van der Waals surface area contributed by atoms with Crippen LogP contribution in [0.4, 0.5) is 5.69 Å². The molecule has 1 heterocycles. The minimum atomic E-state index is -0.284. The Bertz CT molecular complexity index is 852. The largest absolute Gasteiger partial charge is 0.506 e. The predicted octanol–water partition coefficient (Wildman–Crippen LogP) is 3.83. The first kappa shape index (κ1) is 16.4. The second-order valence-corrected chi connectivity index (χ2v) is 6.10. The summed E-state index contributed by atoms with van der Waals surface area (Å²) < 4.78 is 5.50. The molecule has 0 aliphatic carbocycles. The predicted molar refractivity (Wildman–Crippen MR) is 92.2 cm³/mol. The smallest absolute Gasteiger partial charge is 0.277 e. The summed E-state index contributed by atoms with van der Waals surface area (Å²) in [7, 11) is 0. The summed E-state index contributed by atoms with van der Waals surface area (Å²) in [5, 5.41) is 21.0. The number of carbonyl (C=O) groups is 1. The lowest BCUT2D eigenvalue weighted by atomic mass is 10.2. The Morgan fingerprint density at radius 3 is 2.67 bits per heavy atom. The van der Waals surface area contributed by atoms with Crippen molar-refractivity contribution in [3.05, 3.63) is 53.6 Å². The average molecular weight is 362 g/mol. The van der Waals surface area contributed by atoms with Gasteiger partial charge in [0, 0.05) is 10.6 Å². The number of nitrogens with zero attached hydrogens (tertiary/aromatic N) is 2. The minimum Gasteiger partial charge on any atom is -0.506 e. The monoisotopic (exact) mass is 361 g/mol. The number of hydrogen-bond donors (Lipinski definition) is 2. The van der Waals surface area contributed by atoms with Crippen molar-refractivity contribution in [1.29, 1.82) is 0 Å². The number of hydrogen-bond acceptors (Lipinski definition) is 6. The number of halogens is 1. The molecule has 0 fully saturated rings. The van der Waals surface area contributed by atoms with E-state index < -0.39 is 0 Å². The van der Waals surface area contributed by atoms with E-state index in [-0.39, 0.29) is 22.6 Å². The second kappa shape index (κ2) is 7.37. The number of thioether (sulfide) groups is 1. The number of aromatic hydroxyl groups is 1. The van der Waals surface area contributed by atoms with E-state index >= 15 is 0 Å². The van der Waals surface area contributed by atoms with Gasteiger partial charge < -0.3 is 14.8 Å². The molecule has 1 amide bonds. The lowest BCUT2D eigenvalue weighted by molar-refractivity contribution is -0.113. The summed E-state index contributed by atoms with van der Waals surface area (Å²) in [5.74, 6) is 0.165. The van der Waals surface area contributed by atoms with E-state index in [9.17, 15) is 9.90 Å². The minimum absolute atomic E-state index is 0.0127. The molecule has 0 bridgehead atoms. The van der Waals surface area contributed by atoms with Crippen molar-refractivity contribution in [3.63, 3.8) is 0 Å². The van der Waals surface area contributed by atoms with Gasteiger partial charge in [-0.1, -0.05) is 35.5 Å². The van der Waals surface area contributed by atoms with E-state index in [1.807, 2.05) is 0 Å². The van der Waals surface area contributed by atoms with Crippen LogP contribution in [0.3, 0.4) is 0 Å². The molecule has 0 spiro atoms. The van der Waals surface area contributed by atoms with Gasteiger partial charge in [-0.15, -0.1) is 10.2 Å². The number of para-hydroxylation sites is 2. The number of rotatable bonds is 5. The van der Waals surface area contributed by atoms with Gasteiger partial charge >= 0.3 is 0 Å². The third-order valence-corrected chi connectivity index (χ3v) is 4.07. The maximum atomic E-state index is 11.9. The van der Waals surface area contributed by atoms with E-state index in [0.717, 1.165) is 17.3 Å². The highest BCUT2D eigenvalue weighted by Crippen LogP contribution is 2.25. The molecule has 0 unspecified atom stereocenters. The van der Waals surface area contributed by atoms with Crippen LogP contribution in [0.15, 0.2) is 58.2 Å². The van der Waals surface area contributed by atoms with Gasteiger partial charge in [0.25, 0.3) is 5.22 Å². The lowest BCUT2D eigenvalue weighted by Crippen LogP contribution is -2.14. The summed E-state index contributed by atoms with van der Waals surface area (Å²) in [6, 6.07) is 13.5. The Labute approximate surface area is 146 Å². The van der Waals surface area contributed by atoms with Crippen LogP contribution in [0.1, 0.15) is 0 Å². The molecular formula is C16H12ClN3O3S. The van der Waals surface area contributed by atoms with Crippen LogP contribution in [-0.4, -0.2) is 27.0 Å². The van der Waals surface area contributed by atoms with Crippen molar-refractivity contribution < 1.29 is 14.3 Å². The van der Waals surface area contributed by atoms with E-state index in [4.69, 9.17) is 16.0 Å². The van der Waals surface area contributed by atoms with E-state index in [2.05, 4.69) is 15.5 Å². The van der Waals surface area contributed by atoms with Gasteiger partial charge in [-0.3, -0.25) is 4.79 Å². The van der Waals surface area contributed by atoms with Crippen LogP contribution in [0, 0.1) is 0 Å². The van der Waals surface area contributed by atoms with E-state index in [1.165, 1.54) is 6.07 Å². The molecule has 0 radical (unpaired) electrons. The number of anilines is 1. The van der Waals surface area contributed by atoms with Crippen LogP contribution in [0.25, 0.3) is 11.5 Å². The van der Waals surface area contributed by atoms with Crippen molar-refractivity contribution >= 4 is 35.0 Å². The van der Waals surface area contributed by atoms with Gasteiger partial charge in [0.1, 0.15) is 5.75 Å². The van der Waals surface area contributed by atoms with Crippen LogP contribution < -0.4 is 5.32 Å². The summed E-state index contributed by atoms with van der Waals surface area (Å²) in [4.78, 5) is 11.9. The molecule has 3 aromatic rings. The van der Waals surface area contributed by atoms with Crippen LogP contribution in [0.2, 0.25) is 5.02 Å². The van der Waals surface area contributed by atoms with Crippen molar-refractivity contribution in [2.45, 2.75) is 5.22 Å². The molecule has 8 heteroatoms. The molecular weight excluding hydrogens is 350 g/mol. The van der Waals surface area contributed by atoms with Crippen molar-refractivity contribution in [2.75, 3.05) is 11.1 Å². The van der Waals surface area contributed by atoms with Gasteiger partial charge in [-0.05, 0) is 36.4 Å². The molecule has 6 nitrogen and oxygen atoms in total. The fourth-order valence-electron chi connectivity index (χ4n) is 1.87. The van der Waals surface area contributed by atoms with Gasteiger partial charge in [-0.25, -0.2) is 0 Å². The zero-order valence-electron chi connectivity index (χ0n) is 12.3. The first-order valence-electron chi connectivity index (χ1n) is 6.92. The Hall–Kier alpha value is -2.51. The van der Waals surface area contributed by atoms with Gasteiger partial charge in [-0.2, -0.15) is 0 Å². The summed E-state index contributed by atoms with van der Waals surface area (Å²) in [6.45, 7) is 0. The fourth-order valence-corrected chi connectivity index (χ4v) is 2.56. The number of carbonyl (C=O) groups excluding carboxylic acids is 1. The normalized spacial score (nSPS) is 10.5. The standard InChI is InChI=1S/C16H12ClN3O3S/c17-11-7-5-10(6-8-11)15-19-20-16(23-15)24-9-14(22)18-12-3-1-2-4-13(12)21/h1-8,21H,9H2,(H,18,22). The summed E-state index contributed by atoms with van der Waals surface area (Å²) in [6.07, 6.45) is 0. The first-order chi connectivity index (χ1) is 11.6. The third-order valence-electron chi connectivity index (χ3n) is 3.00. The van der Waals surface area contributed by atoms with Gasteiger partial charge in [0.2, 0.25) is 11.8 Å². The Morgan fingerprint density at radius 2 is 1.92 bits per heavy atom. The van der Waals surface area contributed by atoms with Gasteiger partial charge in [0.15, 0.2) is 0 Å². The maximum absolute atomic E-state index is 11.9. The zero-order chi connectivity index (χ0) is 16.9. The molecule has 24 heavy (non-hydrogen) atoms. The fraction of sp³-hybridized carbons (Fsp3) is 0.0625. The molecule has 1 aromatic heterocycles. The zero-order valence-corrected chi connectivity index (χ0v) is 13.8.